The van der Waals surface area contributed by atoms with Crippen molar-refractivity contribution in [2.45, 2.75) is 0 Å². The van der Waals surface area contributed by atoms with Gasteiger partial charge >= 0.3 is 0 Å². The van der Waals surface area contributed by atoms with Crippen molar-refractivity contribution in [2.24, 2.45) is 0 Å². The van der Waals surface area contributed by atoms with Crippen molar-refractivity contribution in [1.82, 2.24) is 9.97 Å². The lowest BCUT2D eigenvalue weighted by Crippen LogP contribution is -1.83. The highest BCUT2D eigenvalue weighted by Crippen LogP contribution is 2.10. The van der Waals surface area contributed by atoms with E-state index in [4.69, 9.17) is 0 Å². The minimum Gasteiger partial charge on any atom is -0.255 e. The van der Waals surface area contributed by atoms with Gasteiger partial charge in [0.15, 0.2) is 0 Å². The number of rotatable bonds is 1. The van der Waals surface area contributed by atoms with Gasteiger partial charge in [0.1, 0.15) is 0 Å². The average Bonchev–Trinajstić information content (AvgIpc) is 2.21. The minimum atomic E-state index is 0.915. The molecule has 0 aliphatic rings. The van der Waals surface area contributed by atoms with Crippen LogP contribution in [0.4, 0.5) is 0 Å². The molecular weight excluding hydrogens is 152 g/mol. The summed E-state index contributed by atoms with van der Waals surface area (Å²) in [6.45, 7) is 0. The topological polar surface area (TPSA) is 25.8 Å². The van der Waals surface area contributed by atoms with Gasteiger partial charge in [-0.15, -0.1) is 0 Å². The van der Waals surface area contributed by atoms with Gasteiger partial charge in [0.25, 0.3) is 0 Å². The molecule has 12 heavy (non-hydrogen) atoms. The predicted molar refractivity (Wildman–Crippen MR) is 47.5 cm³/mol. The monoisotopic (exact) mass is 160 g/mol. The number of aromatic nitrogens is 2. The van der Waals surface area contributed by atoms with Gasteiger partial charge in [0.05, 0.1) is 11.4 Å². The van der Waals surface area contributed by atoms with E-state index in [-0.39, 0.29) is 0 Å². The van der Waals surface area contributed by atoms with Crippen LogP contribution in [0.3, 0.4) is 0 Å². The largest absolute Gasteiger partial charge is 0.255 e. The molecule has 2 nitrogen and oxygen atoms in total. The van der Waals surface area contributed by atoms with Crippen molar-refractivity contribution in [3.8, 4) is 11.4 Å². The van der Waals surface area contributed by atoms with Crippen LogP contribution in [-0.2, 0) is 0 Å². The number of pyridine rings is 2. The SMILES string of the molecule is c1c[13cH]n[13c](-[13c]2ccc[13cH]n2)c1. The molecule has 0 radical (unpaired) electrons. The first kappa shape index (κ1) is 6.98. The van der Waals surface area contributed by atoms with E-state index in [2.05, 4.69) is 9.97 Å². The zero-order chi connectivity index (χ0) is 8.23. The zero-order valence-corrected chi connectivity index (χ0v) is 6.51. The summed E-state index contributed by atoms with van der Waals surface area (Å²) in [5.74, 6) is 0. The van der Waals surface area contributed by atoms with Crippen LogP contribution in [0.5, 0.6) is 0 Å². The van der Waals surface area contributed by atoms with Crippen molar-refractivity contribution in [1.29, 1.82) is 0 Å². The third-order valence-corrected chi connectivity index (χ3v) is 1.59. The Morgan fingerprint density at radius 2 is 1.17 bits per heavy atom. The molecule has 0 aliphatic carbocycles. The first-order valence-corrected chi connectivity index (χ1v) is 3.79. The molecule has 0 bridgehead atoms. The van der Waals surface area contributed by atoms with Crippen LogP contribution in [0.2, 0.25) is 0 Å². The van der Waals surface area contributed by atoms with Crippen molar-refractivity contribution >= 4 is 0 Å². The lowest BCUT2D eigenvalue weighted by Gasteiger charge is -1.96. The average molecular weight is 160 g/mol. The molecular formula is C10H8N2. The summed E-state index contributed by atoms with van der Waals surface area (Å²) in [7, 11) is 0. The Morgan fingerprint density at radius 3 is 1.50 bits per heavy atom. The lowest BCUT2D eigenvalue weighted by molar-refractivity contribution is 1.25. The van der Waals surface area contributed by atoms with E-state index in [0.717, 1.165) is 11.4 Å². The van der Waals surface area contributed by atoms with E-state index >= 15 is 0 Å². The highest BCUT2D eigenvalue weighted by atomic mass is 15.1. The van der Waals surface area contributed by atoms with Gasteiger partial charge < -0.3 is 0 Å². The Labute approximate surface area is 70.9 Å². The maximum atomic E-state index is 4.19. The van der Waals surface area contributed by atoms with Crippen molar-refractivity contribution in [3.63, 3.8) is 0 Å². The molecule has 58 valence electrons. The predicted octanol–water partition coefficient (Wildman–Crippen LogP) is 2.14. The van der Waals surface area contributed by atoms with E-state index in [0.29, 0.717) is 0 Å². The van der Waals surface area contributed by atoms with Crippen molar-refractivity contribution in [2.75, 3.05) is 0 Å². The molecule has 0 amide bonds. The van der Waals surface area contributed by atoms with E-state index in [9.17, 15) is 0 Å². The summed E-state index contributed by atoms with van der Waals surface area (Å²) in [6.07, 6.45) is 3.54. The summed E-state index contributed by atoms with van der Waals surface area (Å²) >= 11 is 0. The molecule has 0 spiro atoms. The van der Waals surface area contributed by atoms with Crippen LogP contribution in [-0.4, -0.2) is 9.97 Å². The molecule has 2 heterocycles. The fourth-order valence-corrected chi connectivity index (χ4v) is 1.03. The smallest absolute Gasteiger partial charge is 0.0886 e. The zero-order valence-electron chi connectivity index (χ0n) is 6.51. The van der Waals surface area contributed by atoms with Gasteiger partial charge in [-0.05, 0) is 24.3 Å². The molecule has 0 unspecified atom stereocenters. The van der Waals surface area contributed by atoms with Gasteiger partial charge in [-0.3, -0.25) is 9.97 Å². The fraction of sp³-hybridized carbons (Fsp3) is 0. The van der Waals surface area contributed by atoms with Gasteiger partial charge in [-0.2, -0.15) is 0 Å². The molecule has 2 rings (SSSR count). The molecule has 0 fully saturated rings. The first-order chi connectivity index (χ1) is 5.97. The Kier molecular flexibility index (Phi) is 1.82. The summed E-state index contributed by atoms with van der Waals surface area (Å²) in [6, 6.07) is 11.6. The Morgan fingerprint density at radius 1 is 0.667 bits per heavy atom. The van der Waals surface area contributed by atoms with E-state index in [1.54, 1.807) is 12.4 Å². The highest BCUT2D eigenvalue weighted by molar-refractivity contribution is 5.52. The van der Waals surface area contributed by atoms with Crippen LogP contribution in [0.15, 0.2) is 48.8 Å². The summed E-state index contributed by atoms with van der Waals surface area (Å²) < 4.78 is 0. The quantitative estimate of drug-likeness (QED) is 0.638. The van der Waals surface area contributed by atoms with Crippen molar-refractivity contribution < 1.29 is 0 Å². The van der Waals surface area contributed by atoms with Crippen molar-refractivity contribution in [3.05, 3.63) is 48.8 Å². The normalized spacial score (nSPS) is 9.67. The minimum absolute atomic E-state index is 0.915. The van der Waals surface area contributed by atoms with E-state index in [1.807, 2.05) is 36.4 Å². The maximum absolute atomic E-state index is 4.19. The fourth-order valence-electron chi connectivity index (χ4n) is 1.03. The molecule has 0 aliphatic heterocycles. The van der Waals surface area contributed by atoms with Gasteiger partial charge in [-0.1, -0.05) is 12.1 Å². The molecule has 2 heteroatoms. The van der Waals surface area contributed by atoms with Crippen LogP contribution < -0.4 is 0 Å². The van der Waals surface area contributed by atoms with Gasteiger partial charge in [0.2, 0.25) is 0 Å². The van der Waals surface area contributed by atoms with Gasteiger partial charge in [-0.25, -0.2) is 0 Å². The van der Waals surface area contributed by atoms with Crippen LogP contribution in [0, 0.1) is 0 Å². The summed E-state index contributed by atoms with van der Waals surface area (Å²) in [4.78, 5) is 8.37. The molecule has 0 saturated carbocycles. The number of nitrogens with zero attached hydrogens (tertiary/aromatic N) is 2. The molecule has 2 aromatic heterocycles. The number of hydrogen-bond donors (Lipinski definition) is 0. The maximum Gasteiger partial charge on any atom is 0.0886 e. The third-order valence-electron chi connectivity index (χ3n) is 1.59. The molecule has 0 saturated heterocycles. The second-order valence-corrected chi connectivity index (χ2v) is 2.43. The molecule has 0 N–H and O–H groups in total. The molecule has 0 atom stereocenters. The number of hydrogen-bond acceptors (Lipinski definition) is 2. The second kappa shape index (κ2) is 3.13. The first-order valence-electron chi connectivity index (χ1n) is 3.79. The van der Waals surface area contributed by atoms with E-state index < -0.39 is 0 Å². The van der Waals surface area contributed by atoms with Gasteiger partial charge in [0, 0.05) is 12.4 Å². The molecule has 2 aromatic rings. The summed E-state index contributed by atoms with van der Waals surface area (Å²) in [5.41, 5.74) is 1.83. The third kappa shape index (κ3) is 1.32. The highest BCUT2D eigenvalue weighted by Gasteiger charge is 1.95. The van der Waals surface area contributed by atoms with E-state index in [1.165, 1.54) is 0 Å². The standard InChI is InChI=1S/C10H8N2/c1-3-7-11-9(5-1)10-6-2-4-8-12-10/h1-8H/i7+1,8+1,9+1,10+1. The molecule has 0 aromatic carbocycles. The van der Waals surface area contributed by atoms with Crippen LogP contribution in [0.25, 0.3) is 11.4 Å². The lowest BCUT2D eigenvalue weighted by atomic mass is 10.6. The Hall–Kier alpha value is -1.70. The Balaban J connectivity index is 2.46. The van der Waals surface area contributed by atoms with Crippen LogP contribution >= 0.6 is 0 Å². The van der Waals surface area contributed by atoms with Crippen LogP contribution in [0.1, 0.15) is 0 Å². The second-order valence-electron chi connectivity index (χ2n) is 2.43. The Bertz CT molecular complexity index is 305. The summed E-state index contributed by atoms with van der Waals surface area (Å²) in [5, 5.41) is 0.